The topological polar surface area (TPSA) is 72.8 Å². The maximum atomic E-state index is 13.5. The van der Waals surface area contributed by atoms with Crippen LogP contribution in [0.1, 0.15) is 119 Å². The van der Waals surface area contributed by atoms with Crippen molar-refractivity contribution in [2.75, 3.05) is 7.11 Å². The van der Waals surface area contributed by atoms with Crippen LogP contribution in [-0.4, -0.2) is 29.6 Å². The largest absolute Gasteiger partial charge is 0.496 e. The van der Waals surface area contributed by atoms with Crippen molar-refractivity contribution in [3.8, 4) is 11.5 Å². The van der Waals surface area contributed by atoms with Crippen molar-refractivity contribution in [1.29, 1.82) is 0 Å². The molecule has 0 fully saturated rings. The van der Waals surface area contributed by atoms with Crippen molar-refractivity contribution in [2.24, 2.45) is 23.7 Å². The van der Waals surface area contributed by atoms with Crippen molar-refractivity contribution in [3.63, 3.8) is 0 Å². The van der Waals surface area contributed by atoms with E-state index in [1.165, 1.54) is 38.5 Å². The zero-order valence-electron chi connectivity index (χ0n) is 24.3. The Hall–Kier alpha value is -2.04. The van der Waals surface area contributed by atoms with Gasteiger partial charge in [-0.25, -0.2) is 0 Å². The minimum Gasteiger partial charge on any atom is -0.496 e. The van der Waals surface area contributed by atoms with Crippen molar-refractivity contribution >= 4 is 11.8 Å². The van der Waals surface area contributed by atoms with E-state index in [4.69, 9.17) is 9.47 Å². The lowest BCUT2D eigenvalue weighted by Crippen LogP contribution is -2.52. The van der Waals surface area contributed by atoms with Gasteiger partial charge in [0.05, 0.1) is 12.7 Å². The van der Waals surface area contributed by atoms with Crippen LogP contribution >= 0.6 is 0 Å². The predicted octanol–water partition coefficient (Wildman–Crippen LogP) is 8.09. The number of carboxylic acids is 1. The zero-order valence-corrected chi connectivity index (χ0v) is 24.3. The highest BCUT2D eigenvalue weighted by molar-refractivity contribution is 6.13. The molecule has 1 aromatic carbocycles. The Morgan fingerprint density at radius 3 is 1.94 bits per heavy atom. The molecule has 0 saturated heterocycles. The fourth-order valence-corrected chi connectivity index (χ4v) is 5.89. The molecule has 2 unspecified atom stereocenters. The molecule has 0 radical (unpaired) electrons. The number of hydrogen-bond acceptors (Lipinski definition) is 4. The van der Waals surface area contributed by atoms with Gasteiger partial charge in [-0.3, -0.25) is 9.59 Å². The van der Waals surface area contributed by atoms with Crippen molar-refractivity contribution in [2.45, 2.75) is 119 Å². The second kappa shape index (κ2) is 13.0. The number of fused-ring (bicyclic) bond motifs is 1. The first-order valence-electron chi connectivity index (χ1n) is 14.0. The Balaban J connectivity index is 2.02. The third kappa shape index (κ3) is 7.04. The summed E-state index contributed by atoms with van der Waals surface area (Å²) in [5.74, 6) is 0.570. The van der Waals surface area contributed by atoms with E-state index in [1.54, 1.807) is 21.0 Å². The fourth-order valence-electron chi connectivity index (χ4n) is 5.89. The average molecular weight is 503 g/mol. The molecule has 0 aliphatic carbocycles. The van der Waals surface area contributed by atoms with Crippen molar-refractivity contribution in [3.05, 3.63) is 22.3 Å². The second-order valence-corrected chi connectivity index (χ2v) is 12.0. The lowest BCUT2D eigenvalue weighted by Gasteiger charge is -2.41. The maximum absolute atomic E-state index is 13.5. The van der Waals surface area contributed by atoms with Crippen LogP contribution in [0.4, 0.5) is 0 Å². The molecule has 36 heavy (non-hydrogen) atoms. The number of methoxy groups -OCH3 is 1. The second-order valence-electron chi connectivity index (χ2n) is 12.0. The highest BCUT2D eigenvalue weighted by Gasteiger charge is 2.51. The summed E-state index contributed by atoms with van der Waals surface area (Å²) in [6.45, 7) is 16.7. The number of ether oxygens (including phenoxy) is 2. The van der Waals surface area contributed by atoms with Crippen molar-refractivity contribution < 1.29 is 24.2 Å². The summed E-state index contributed by atoms with van der Waals surface area (Å²) >= 11 is 0. The van der Waals surface area contributed by atoms with Crippen LogP contribution in [-0.2, 0) is 4.79 Å². The molecule has 0 bridgehead atoms. The van der Waals surface area contributed by atoms with Gasteiger partial charge in [-0.2, -0.15) is 0 Å². The lowest BCUT2D eigenvalue weighted by molar-refractivity contribution is -0.147. The Labute approximate surface area is 219 Å². The summed E-state index contributed by atoms with van der Waals surface area (Å²) in [6.07, 6.45) is 10.0. The van der Waals surface area contributed by atoms with Crippen LogP contribution in [0.2, 0.25) is 0 Å². The molecule has 0 saturated carbocycles. The van der Waals surface area contributed by atoms with Gasteiger partial charge in [0.25, 0.3) is 0 Å². The number of hydrogen-bond donors (Lipinski definition) is 1. The highest BCUT2D eigenvalue weighted by atomic mass is 16.5. The zero-order chi connectivity index (χ0) is 27.2. The van der Waals surface area contributed by atoms with Gasteiger partial charge in [0, 0.05) is 5.56 Å². The molecule has 1 aromatic rings. The normalized spacial score (nSPS) is 21.2. The van der Waals surface area contributed by atoms with Gasteiger partial charge in [0.2, 0.25) is 0 Å². The average Bonchev–Trinajstić information content (AvgIpc) is 2.77. The Morgan fingerprint density at radius 1 is 0.917 bits per heavy atom. The van der Waals surface area contributed by atoms with Crippen LogP contribution in [0.15, 0.2) is 0 Å². The third-order valence-corrected chi connectivity index (χ3v) is 8.33. The van der Waals surface area contributed by atoms with Crippen molar-refractivity contribution in [1.82, 2.24) is 0 Å². The van der Waals surface area contributed by atoms with E-state index in [9.17, 15) is 14.7 Å². The van der Waals surface area contributed by atoms with E-state index in [-0.39, 0.29) is 5.78 Å². The lowest BCUT2D eigenvalue weighted by atomic mass is 9.75. The molecular weight excluding hydrogens is 452 g/mol. The van der Waals surface area contributed by atoms with E-state index >= 15 is 0 Å². The minimum absolute atomic E-state index is 0.357. The highest BCUT2D eigenvalue weighted by Crippen LogP contribution is 2.47. The minimum atomic E-state index is -1.22. The SMILES string of the molecule is COc1c(C)c(C)c2c(c1C)C(=O)C(C(=O)O)C(C)(CCC[C@H](C)CCC[C@H](C)CCCC(C)C)O2. The Kier molecular flexibility index (Phi) is 10.9. The number of benzene rings is 1. The van der Waals surface area contributed by atoms with Gasteiger partial charge in [-0.05, 0) is 69.4 Å². The summed E-state index contributed by atoms with van der Waals surface area (Å²) in [6, 6.07) is 0. The summed E-state index contributed by atoms with van der Waals surface area (Å²) in [7, 11) is 1.57. The maximum Gasteiger partial charge on any atom is 0.318 e. The van der Waals surface area contributed by atoms with Gasteiger partial charge in [0.1, 0.15) is 17.1 Å². The molecule has 1 N–H and O–H groups in total. The summed E-state index contributed by atoms with van der Waals surface area (Å²) in [4.78, 5) is 25.8. The Bertz CT molecular complexity index is 918. The quantitative estimate of drug-likeness (QED) is 0.260. The van der Waals surface area contributed by atoms with Crippen LogP contribution in [0.3, 0.4) is 0 Å². The number of ketones is 1. The van der Waals surface area contributed by atoms with Gasteiger partial charge >= 0.3 is 5.97 Å². The third-order valence-electron chi connectivity index (χ3n) is 8.33. The monoisotopic (exact) mass is 502 g/mol. The predicted molar refractivity (Wildman–Crippen MR) is 146 cm³/mol. The van der Waals surface area contributed by atoms with Gasteiger partial charge in [0.15, 0.2) is 11.7 Å². The van der Waals surface area contributed by atoms with E-state index in [1.807, 2.05) is 13.8 Å². The van der Waals surface area contributed by atoms with Crippen LogP contribution < -0.4 is 9.47 Å². The van der Waals surface area contributed by atoms with Crippen LogP contribution in [0, 0.1) is 44.4 Å². The van der Waals surface area contributed by atoms with Gasteiger partial charge in [-0.1, -0.05) is 72.6 Å². The Morgan fingerprint density at radius 2 is 1.44 bits per heavy atom. The molecule has 5 nitrogen and oxygen atoms in total. The smallest absolute Gasteiger partial charge is 0.318 e. The molecule has 1 aliphatic rings. The van der Waals surface area contributed by atoms with E-state index < -0.39 is 17.5 Å². The molecule has 1 aliphatic heterocycles. The van der Waals surface area contributed by atoms with Gasteiger partial charge < -0.3 is 14.6 Å². The first-order valence-corrected chi connectivity index (χ1v) is 14.0. The summed E-state index contributed by atoms with van der Waals surface area (Å²) in [5, 5.41) is 10.0. The first kappa shape index (κ1) is 30.2. The molecule has 204 valence electrons. The number of carboxylic acid groups (broad SMARTS) is 1. The number of carbonyl (C=O) groups is 2. The molecule has 0 spiro atoms. The fraction of sp³-hybridized carbons (Fsp3) is 0.742. The van der Waals surface area contributed by atoms with E-state index in [2.05, 4.69) is 27.7 Å². The molecular formula is C31H50O5. The van der Waals surface area contributed by atoms with Crippen LogP contribution in [0.25, 0.3) is 0 Å². The van der Waals surface area contributed by atoms with E-state index in [0.29, 0.717) is 35.0 Å². The van der Waals surface area contributed by atoms with Gasteiger partial charge in [-0.15, -0.1) is 0 Å². The first-order chi connectivity index (χ1) is 16.8. The number of carbonyl (C=O) groups excluding carboxylic acids is 1. The summed E-state index contributed by atoms with van der Waals surface area (Å²) < 4.78 is 12.0. The number of rotatable bonds is 14. The summed E-state index contributed by atoms with van der Waals surface area (Å²) in [5.41, 5.74) is 1.70. The molecule has 4 atom stereocenters. The molecule has 1 heterocycles. The number of Topliss-reactive ketones (excluding diaryl/α,β-unsaturated/α-hetero) is 1. The molecule has 2 rings (SSSR count). The molecule has 0 amide bonds. The molecule has 0 aromatic heterocycles. The molecule has 5 heteroatoms. The number of aliphatic carboxylic acids is 1. The van der Waals surface area contributed by atoms with Crippen LogP contribution in [0.5, 0.6) is 11.5 Å². The van der Waals surface area contributed by atoms with E-state index in [0.717, 1.165) is 35.8 Å². The standard InChI is InChI=1S/C31H50O5/c1-19(2)13-10-14-20(3)15-11-16-21(4)17-12-18-31(8)26(30(33)34)27(32)25-24(7)28(35-9)22(5)23(6)29(25)36-31/h19-21,26H,10-18H2,1-9H3,(H,33,34)/t20-,21-,26?,31?/m1/s1.